The third-order valence-electron chi connectivity index (χ3n) is 2.69. The molecule has 0 spiro atoms. The van der Waals surface area contributed by atoms with Gasteiger partial charge in [0.15, 0.2) is 0 Å². The summed E-state index contributed by atoms with van der Waals surface area (Å²) in [7, 11) is 1.66. The number of amides is 1. The zero-order valence-electron chi connectivity index (χ0n) is 7.88. The van der Waals surface area contributed by atoms with Gasteiger partial charge in [0, 0.05) is 13.2 Å². The van der Waals surface area contributed by atoms with Gasteiger partial charge in [-0.1, -0.05) is 17.7 Å². The summed E-state index contributed by atoms with van der Waals surface area (Å²) in [4.78, 5) is 15.6. The Kier molecular flexibility index (Phi) is 2.19. The molecule has 1 aliphatic carbocycles. The Hall–Kier alpha value is -1.09. The number of pyridine rings is 1. The Labute approximate surface area is 87.5 Å². The molecule has 0 aromatic carbocycles. The lowest BCUT2D eigenvalue weighted by Gasteiger charge is -2.12. The molecule has 4 heteroatoms. The van der Waals surface area contributed by atoms with Crippen LogP contribution in [-0.2, 0) is 10.2 Å². The van der Waals surface area contributed by atoms with Gasteiger partial charge in [0.1, 0.15) is 5.15 Å². The minimum Gasteiger partial charge on any atom is -0.358 e. The number of rotatable bonds is 2. The molecular weight excluding hydrogens is 200 g/mol. The first-order valence-electron chi connectivity index (χ1n) is 4.53. The van der Waals surface area contributed by atoms with Crippen LogP contribution in [0.25, 0.3) is 0 Å². The van der Waals surface area contributed by atoms with E-state index >= 15 is 0 Å². The average molecular weight is 211 g/mol. The second-order valence-electron chi connectivity index (χ2n) is 3.53. The van der Waals surface area contributed by atoms with Crippen molar-refractivity contribution >= 4 is 17.5 Å². The third-order valence-corrected chi connectivity index (χ3v) is 2.92. The van der Waals surface area contributed by atoms with Crippen LogP contribution >= 0.6 is 11.6 Å². The molecule has 1 heterocycles. The van der Waals surface area contributed by atoms with Crippen molar-refractivity contribution in [1.82, 2.24) is 10.3 Å². The van der Waals surface area contributed by atoms with E-state index in [0.29, 0.717) is 5.15 Å². The molecule has 2 rings (SSSR count). The Morgan fingerprint density at radius 2 is 2.29 bits per heavy atom. The second-order valence-corrected chi connectivity index (χ2v) is 3.92. The maximum atomic E-state index is 11.6. The van der Waals surface area contributed by atoms with E-state index in [4.69, 9.17) is 11.6 Å². The lowest BCUT2D eigenvalue weighted by molar-refractivity contribution is -0.123. The summed E-state index contributed by atoms with van der Waals surface area (Å²) >= 11 is 5.68. The first kappa shape index (κ1) is 9.46. The number of hydrogen-bond donors (Lipinski definition) is 1. The maximum Gasteiger partial charge on any atom is 0.230 e. The van der Waals surface area contributed by atoms with Gasteiger partial charge < -0.3 is 5.32 Å². The van der Waals surface area contributed by atoms with E-state index in [0.717, 1.165) is 18.4 Å². The molecule has 1 saturated carbocycles. The Bertz CT molecular complexity index is 357. The van der Waals surface area contributed by atoms with Crippen LogP contribution in [0.15, 0.2) is 18.3 Å². The lowest BCUT2D eigenvalue weighted by Crippen LogP contribution is -2.31. The first-order valence-corrected chi connectivity index (χ1v) is 4.91. The van der Waals surface area contributed by atoms with Gasteiger partial charge >= 0.3 is 0 Å². The van der Waals surface area contributed by atoms with Crippen molar-refractivity contribution < 1.29 is 4.79 Å². The molecule has 1 amide bonds. The highest BCUT2D eigenvalue weighted by atomic mass is 35.5. The molecule has 74 valence electrons. The van der Waals surface area contributed by atoms with Gasteiger partial charge in [-0.05, 0) is 24.5 Å². The molecular formula is C10H11ClN2O. The monoisotopic (exact) mass is 210 g/mol. The summed E-state index contributed by atoms with van der Waals surface area (Å²) in [6, 6.07) is 3.59. The highest BCUT2D eigenvalue weighted by molar-refractivity contribution is 6.29. The van der Waals surface area contributed by atoms with Crippen molar-refractivity contribution in [3.8, 4) is 0 Å². The number of hydrogen-bond acceptors (Lipinski definition) is 2. The number of likely N-dealkylation sites (N-methyl/N-ethyl adjacent to an activating group) is 1. The highest BCUT2D eigenvalue weighted by Crippen LogP contribution is 2.48. The van der Waals surface area contributed by atoms with Crippen LogP contribution in [-0.4, -0.2) is 17.9 Å². The molecule has 1 aromatic rings. The molecule has 1 N–H and O–H groups in total. The van der Waals surface area contributed by atoms with Gasteiger partial charge in [0.2, 0.25) is 5.91 Å². The molecule has 1 aliphatic rings. The predicted octanol–water partition coefficient (Wildman–Crippen LogP) is 1.51. The van der Waals surface area contributed by atoms with Gasteiger partial charge in [-0.3, -0.25) is 4.79 Å². The van der Waals surface area contributed by atoms with Gasteiger partial charge in [-0.2, -0.15) is 0 Å². The molecule has 0 bridgehead atoms. The van der Waals surface area contributed by atoms with Gasteiger partial charge in [0.25, 0.3) is 0 Å². The van der Waals surface area contributed by atoms with Crippen LogP contribution in [0.2, 0.25) is 5.15 Å². The minimum atomic E-state index is -0.327. The molecule has 14 heavy (non-hydrogen) atoms. The number of carbonyl (C=O) groups excluding carboxylic acids is 1. The van der Waals surface area contributed by atoms with E-state index in [-0.39, 0.29) is 11.3 Å². The zero-order chi connectivity index (χ0) is 10.2. The summed E-state index contributed by atoms with van der Waals surface area (Å²) in [5, 5.41) is 3.14. The van der Waals surface area contributed by atoms with Crippen molar-refractivity contribution in [1.29, 1.82) is 0 Å². The fourth-order valence-corrected chi connectivity index (χ4v) is 1.78. The number of nitrogens with one attached hydrogen (secondary N) is 1. The van der Waals surface area contributed by atoms with Crippen molar-refractivity contribution in [2.45, 2.75) is 18.3 Å². The number of aromatic nitrogens is 1. The first-order chi connectivity index (χ1) is 6.69. The van der Waals surface area contributed by atoms with E-state index in [1.807, 2.05) is 6.07 Å². The Morgan fingerprint density at radius 3 is 2.71 bits per heavy atom. The summed E-state index contributed by atoms with van der Waals surface area (Å²) in [5.41, 5.74) is 0.632. The van der Waals surface area contributed by atoms with Crippen molar-refractivity contribution in [3.05, 3.63) is 29.0 Å². The largest absolute Gasteiger partial charge is 0.358 e. The van der Waals surface area contributed by atoms with Crippen LogP contribution in [0, 0.1) is 0 Å². The topological polar surface area (TPSA) is 42.0 Å². The molecule has 1 aromatic heterocycles. The summed E-state index contributed by atoms with van der Waals surface area (Å²) in [5.74, 6) is 0.0709. The highest BCUT2D eigenvalue weighted by Gasteiger charge is 2.50. The fourth-order valence-electron chi connectivity index (χ4n) is 1.67. The molecule has 1 fully saturated rings. The fraction of sp³-hybridized carbons (Fsp3) is 0.400. The zero-order valence-corrected chi connectivity index (χ0v) is 8.64. The number of carbonyl (C=O) groups is 1. The van der Waals surface area contributed by atoms with E-state index in [1.165, 1.54) is 0 Å². The SMILES string of the molecule is CNC(=O)C1(c2ccc(Cl)nc2)CC1. The molecule has 0 saturated heterocycles. The Balaban J connectivity index is 2.31. The van der Waals surface area contributed by atoms with Crippen LogP contribution in [0.1, 0.15) is 18.4 Å². The minimum absolute atomic E-state index is 0.0709. The smallest absolute Gasteiger partial charge is 0.230 e. The van der Waals surface area contributed by atoms with E-state index in [9.17, 15) is 4.79 Å². The van der Waals surface area contributed by atoms with Gasteiger partial charge in [0.05, 0.1) is 5.41 Å². The normalized spacial score (nSPS) is 17.6. The number of nitrogens with zero attached hydrogens (tertiary/aromatic N) is 1. The van der Waals surface area contributed by atoms with Crippen molar-refractivity contribution in [2.75, 3.05) is 7.05 Å². The maximum absolute atomic E-state index is 11.6. The summed E-state index contributed by atoms with van der Waals surface area (Å²) < 4.78 is 0. The Morgan fingerprint density at radius 1 is 1.57 bits per heavy atom. The van der Waals surface area contributed by atoms with E-state index < -0.39 is 0 Å². The predicted molar refractivity (Wildman–Crippen MR) is 54.2 cm³/mol. The average Bonchev–Trinajstić information content (AvgIpc) is 2.99. The molecule has 0 unspecified atom stereocenters. The quantitative estimate of drug-likeness (QED) is 0.752. The standard InChI is InChI=1S/C10H11ClN2O/c1-12-9(14)10(4-5-10)7-2-3-8(11)13-6-7/h2-3,6H,4-5H2,1H3,(H,12,14). The summed E-state index contributed by atoms with van der Waals surface area (Å²) in [6.07, 6.45) is 3.48. The molecule has 3 nitrogen and oxygen atoms in total. The molecule has 0 atom stereocenters. The van der Waals surface area contributed by atoms with Crippen molar-refractivity contribution in [3.63, 3.8) is 0 Å². The summed E-state index contributed by atoms with van der Waals surface area (Å²) in [6.45, 7) is 0. The van der Waals surface area contributed by atoms with Gasteiger partial charge in [-0.15, -0.1) is 0 Å². The van der Waals surface area contributed by atoms with E-state index in [1.54, 1.807) is 19.3 Å². The molecule has 0 radical (unpaired) electrons. The van der Waals surface area contributed by atoms with Crippen LogP contribution in [0.4, 0.5) is 0 Å². The third kappa shape index (κ3) is 1.38. The van der Waals surface area contributed by atoms with Gasteiger partial charge in [-0.25, -0.2) is 4.98 Å². The lowest BCUT2D eigenvalue weighted by atomic mass is 9.97. The van der Waals surface area contributed by atoms with E-state index in [2.05, 4.69) is 10.3 Å². The number of halogens is 1. The molecule has 0 aliphatic heterocycles. The second kappa shape index (κ2) is 3.24. The van der Waals surface area contributed by atoms with Crippen LogP contribution in [0.5, 0.6) is 0 Å². The van der Waals surface area contributed by atoms with Crippen LogP contribution < -0.4 is 5.32 Å². The van der Waals surface area contributed by atoms with Crippen LogP contribution in [0.3, 0.4) is 0 Å². The van der Waals surface area contributed by atoms with Crippen molar-refractivity contribution in [2.24, 2.45) is 0 Å².